The second-order valence-corrected chi connectivity index (χ2v) is 10.1. The minimum absolute atomic E-state index is 0.115. The van der Waals surface area contributed by atoms with Crippen molar-refractivity contribution in [3.63, 3.8) is 0 Å². The maximum absolute atomic E-state index is 11.8. The summed E-state index contributed by atoms with van der Waals surface area (Å²) in [4.78, 5) is 0. The van der Waals surface area contributed by atoms with Crippen molar-refractivity contribution in [3.8, 4) is 11.5 Å². The van der Waals surface area contributed by atoms with E-state index in [2.05, 4.69) is 27.0 Å². The molecule has 0 radical (unpaired) electrons. The van der Waals surface area contributed by atoms with Gasteiger partial charge in [0, 0.05) is 12.5 Å². The van der Waals surface area contributed by atoms with Gasteiger partial charge in [-0.1, -0.05) is 17.8 Å². The number of hydrogen-bond donors (Lipinski definition) is 0. The van der Waals surface area contributed by atoms with E-state index in [0.717, 1.165) is 17.1 Å². The molecular weight excluding hydrogens is 414 g/mol. The van der Waals surface area contributed by atoms with Gasteiger partial charge in [-0.15, -0.1) is 27.0 Å². The first-order valence-corrected chi connectivity index (χ1v) is 11.9. The number of furan rings is 1. The van der Waals surface area contributed by atoms with Crippen LogP contribution in [-0.4, -0.2) is 44.9 Å². The molecule has 0 aliphatic carbocycles. The highest BCUT2D eigenvalue weighted by molar-refractivity contribution is 7.98. The summed E-state index contributed by atoms with van der Waals surface area (Å²) in [6.07, 6.45) is 2.31. The summed E-state index contributed by atoms with van der Waals surface area (Å²) in [7, 11) is -3.00. The second kappa shape index (κ2) is 7.79. The molecular formula is C18H21N5O4S2. The van der Waals surface area contributed by atoms with Gasteiger partial charge in [-0.2, -0.15) is 0 Å². The number of thioether (sulfide) groups is 1. The Morgan fingerprint density at radius 3 is 2.76 bits per heavy atom. The second-order valence-electron chi connectivity index (χ2n) is 6.96. The maximum atomic E-state index is 11.8. The Morgan fingerprint density at radius 2 is 2.10 bits per heavy atom. The topological polar surface area (TPSA) is 117 Å². The van der Waals surface area contributed by atoms with Crippen molar-refractivity contribution in [2.45, 2.75) is 43.6 Å². The van der Waals surface area contributed by atoms with E-state index in [1.54, 1.807) is 6.08 Å². The minimum atomic E-state index is -3.00. The van der Waals surface area contributed by atoms with Crippen molar-refractivity contribution < 1.29 is 17.3 Å². The lowest BCUT2D eigenvalue weighted by Gasteiger charge is -2.10. The number of hydrogen-bond acceptors (Lipinski definition) is 9. The Kier molecular flexibility index (Phi) is 5.34. The van der Waals surface area contributed by atoms with Gasteiger partial charge in [0.05, 0.1) is 22.8 Å². The monoisotopic (exact) mass is 435 g/mol. The van der Waals surface area contributed by atoms with Gasteiger partial charge in [0.15, 0.2) is 15.0 Å². The average Bonchev–Trinajstić information content (AvgIpc) is 3.41. The molecule has 4 heterocycles. The molecule has 9 nitrogen and oxygen atoms in total. The third-order valence-corrected chi connectivity index (χ3v) is 7.44. The smallest absolute Gasteiger partial charge is 0.251 e. The van der Waals surface area contributed by atoms with Crippen LogP contribution in [0.25, 0.3) is 11.5 Å². The summed E-state index contributed by atoms with van der Waals surface area (Å²) in [5, 5.41) is 17.4. The first-order valence-electron chi connectivity index (χ1n) is 9.13. The summed E-state index contributed by atoms with van der Waals surface area (Å²) in [5.41, 5.74) is 0.783. The molecule has 1 atom stereocenters. The predicted molar refractivity (Wildman–Crippen MR) is 107 cm³/mol. The Labute approximate surface area is 172 Å². The Bertz CT molecular complexity index is 1150. The number of allylic oxidation sites excluding steroid dienone is 1. The molecule has 0 aromatic carbocycles. The maximum Gasteiger partial charge on any atom is 0.251 e. The van der Waals surface area contributed by atoms with Crippen molar-refractivity contribution in [1.82, 2.24) is 25.0 Å². The lowest BCUT2D eigenvalue weighted by Crippen LogP contribution is -2.11. The van der Waals surface area contributed by atoms with E-state index in [4.69, 9.17) is 8.83 Å². The molecule has 1 aliphatic heterocycles. The molecule has 0 N–H and O–H groups in total. The molecule has 0 bridgehead atoms. The van der Waals surface area contributed by atoms with Crippen molar-refractivity contribution in [3.05, 3.63) is 42.0 Å². The van der Waals surface area contributed by atoms with Gasteiger partial charge in [-0.25, -0.2) is 8.42 Å². The molecule has 1 aliphatic rings. The Balaban J connectivity index is 1.50. The van der Waals surface area contributed by atoms with Crippen LogP contribution in [0, 0.1) is 13.8 Å². The van der Waals surface area contributed by atoms with Crippen LogP contribution in [0.4, 0.5) is 0 Å². The van der Waals surface area contributed by atoms with E-state index < -0.39 is 9.84 Å². The number of aryl methyl sites for hydroxylation is 2. The molecule has 3 aromatic heterocycles. The number of sulfone groups is 1. The molecule has 4 rings (SSSR count). The third kappa shape index (κ3) is 4.15. The van der Waals surface area contributed by atoms with E-state index in [9.17, 15) is 8.42 Å². The van der Waals surface area contributed by atoms with Gasteiger partial charge in [0.25, 0.3) is 5.89 Å². The molecule has 29 heavy (non-hydrogen) atoms. The number of aromatic nitrogens is 5. The first kappa shape index (κ1) is 19.9. The summed E-state index contributed by atoms with van der Waals surface area (Å²) < 4.78 is 36.8. The fraction of sp³-hybridized carbons (Fsp3) is 0.444. The van der Waals surface area contributed by atoms with Gasteiger partial charge in [-0.3, -0.25) is 0 Å². The van der Waals surface area contributed by atoms with Crippen LogP contribution in [-0.2, 0) is 22.1 Å². The highest BCUT2D eigenvalue weighted by atomic mass is 32.2. The molecule has 154 valence electrons. The molecule has 0 spiro atoms. The highest BCUT2D eigenvalue weighted by Crippen LogP contribution is 2.31. The number of nitrogens with zero attached hydrogens (tertiary/aromatic N) is 5. The van der Waals surface area contributed by atoms with Crippen molar-refractivity contribution in [2.75, 3.05) is 11.5 Å². The summed E-state index contributed by atoms with van der Waals surface area (Å²) >= 11 is 1.41. The van der Waals surface area contributed by atoms with Crippen LogP contribution in [0.5, 0.6) is 0 Å². The minimum Gasteiger partial charge on any atom is -0.466 e. The normalized spacial score (nSPS) is 18.3. The van der Waals surface area contributed by atoms with Gasteiger partial charge in [0.2, 0.25) is 5.89 Å². The summed E-state index contributed by atoms with van der Waals surface area (Å²) in [6, 6.07) is 1.86. The predicted octanol–water partition coefficient (Wildman–Crippen LogP) is 2.92. The SMILES string of the molecule is C=CCn1c(SCc2nnc(-c3cc(C)oc3C)o2)nnc1C1CCS(=O)(=O)C1. The first-order chi connectivity index (χ1) is 13.9. The van der Waals surface area contributed by atoms with Gasteiger partial charge < -0.3 is 13.4 Å². The average molecular weight is 436 g/mol. The van der Waals surface area contributed by atoms with Crippen molar-refractivity contribution in [2.24, 2.45) is 0 Å². The zero-order chi connectivity index (χ0) is 20.6. The summed E-state index contributed by atoms with van der Waals surface area (Å²) in [6.45, 7) is 8.00. The molecule has 3 aromatic rings. The molecule has 1 saturated heterocycles. The zero-order valence-electron chi connectivity index (χ0n) is 16.2. The lowest BCUT2D eigenvalue weighted by atomic mass is 10.1. The fourth-order valence-corrected chi connectivity index (χ4v) is 5.93. The molecule has 0 saturated carbocycles. The number of rotatable bonds is 7. The van der Waals surface area contributed by atoms with E-state index in [0.29, 0.717) is 41.5 Å². The summed E-state index contributed by atoms with van der Waals surface area (Å²) in [5.74, 6) is 3.66. The lowest BCUT2D eigenvalue weighted by molar-refractivity contribution is 0.499. The van der Waals surface area contributed by atoms with E-state index >= 15 is 0 Å². The van der Waals surface area contributed by atoms with E-state index in [1.807, 2.05) is 24.5 Å². The molecule has 0 amide bonds. The molecule has 1 fully saturated rings. The van der Waals surface area contributed by atoms with Crippen LogP contribution in [0.15, 0.2) is 32.7 Å². The Morgan fingerprint density at radius 1 is 1.28 bits per heavy atom. The van der Waals surface area contributed by atoms with Crippen LogP contribution in [0.2, 0.25) is 0 Å². The van der Waals surface area contributed by atoms with Gasteiger partial charge in [-0.05, 0) is 26.3 Å². The largest absolute Gasteiger partial charge is 0.466 e. The fourth-order valence-electron chi connectivity index (χ4n) is 3.40. The van der Waals surface area contributed by atoms with Crippen molar-refractivity contribution >= 4 is 21.6 Å². The third-order valence-electron chi connectivity index (χ3n) is 4.72. The van der Waals surface area contributed by atoms with Gasteiger partial charge in [0.1, 0.15) is 17.3 Å². The van der Waals surface area contributed by atoms with Gasteiger partial charge >= 0.3 is 0 Å². The highest BCUT2D eigenvalue weighted by Gasteiger charge is 2.33. The van der Waals surface area contributed by atoms with Crippen LogP contribution in [0.1, 0.15) is 35.6 Å². The van der Waals surface area contributed by atoms with E-state index in [1.165, 1.54) is 11.8 Å². The standard InChI is InChI=1S/C18H21N5O4S2/c1-4-6-23-16(13-5-7-29(24,25)10-13)20-22-18(23)28-9-15-19-21-17(27-15)14-8-11(2)26-12(14)3/h4,8,13H,1,5-7,9-10H2,2-3H3. The van der Waals surface area contributed by atoms with Crippen molar-refractivity contribution in [1.29, 1.82) is 0 Å². The van der Waals surface area contributed by atoms with Crippen LogP contribution < -0.4 is 0 Å². The van der Waals surface area contributed by atoms with Crippen LogP contribution in [0.3, 0.4) is 0 Å². The van der Waals surface area contributed by atoms with E-state index in [-0.39, 0.29) is 17.4 Å². The quantitative estimate of drug-likeness (QED) is 0.408. The molecule has 1 unspecified atom stereocenters. The Hall–Kier alpha value is -2.40. The zero-order valence-corrected chi connectivity index (χ0v) is 17.8. The molecule has 11 heteroatoms. The van der Waals surface area contributed by atoms with Crippen LogP contribution >= 0.6 is 11.8 Å².